The fraction of sp³-hybridized carbons (Fsp3) is 0.286. The fourth-order valence-electron chi connectivity index (χ4n) is 4.24. The van der Waals surface area contributed by atoms with Crippen LogP contribution in [0.1, 0.15) is 23.1 Å². The van der Waals surface area contributed by atoms with E-state index in [0.29, 0.717) is 11.5 Å². The molecule has 2 aliphatic rings. The number of fused-ring (bicyclic) bond motifs is 1. The number of ether oxygens (including phenoxy) is 3. The molecule has 31 heavy (non-hydrogen) atoms. The summed E-state index contributed by atoms with van der Waals surface area (Å²) in [5.41, 5.74) is 14.2. The number of nitrogens with two attached hydrogens (primary N) is 1. The minimum Gasteiger partial charge on any atom is -0.497 e. The van der Waals surface area contributed by atoms with E-state index in [1.165, 1.54) is 12.1 Å². The van der Waals surface area contributed by atoms with Crippen molar-refractivity contribution < 1.29 is 19.1 Å². The largest absolute Gasteiger partial charge is 0.497 e. The summed E-state index contributed by atoms with van der Waals surface area (Å²) in [6.07, 6.45) is -0.529. The molecule has 0 saturated carbocycles. The first kappa shape index (κ1) is 20.5. The first-order chi connectivity index (χ1) is 15.0. The van der Waals surface area contributed by atoms with Gasteiger partial charge in [0.2, 0.25) is 5.88 Å². The van der Waals surface area contributed by atoms with Crippen molar-refractivity contribution in [3.8, 4) is 17.6 Å². The summed E-state index contributed by atoms with van der Waals surface area (Å²) in [6, 6.07) is 13.5. The van der Waals surface area contributed by atoms with Gasteiger partial charge in [0.25, 0.3) is 5.69 Å². The van der Waals surface area contributed by atoms with Crippen molar-refractivity contribution in [2.75, 3.05) is 14.2 Å². The minimum atomic E-state index is -0.529. The van der Waals surface area contributed by atoms with E-state index in [2.05, 4.69) is 16.9 Å². The molecule has 0 radical (unpaired) electrons. The first-order valence-electron chi connectivity index (χ1n) is 9.52. The number of hydrazine groups is 1. The van der Waals surface area contributed by atoms with E-state index in [9.17, 15) is 15.4 Å². The molecular formula is C21H21N5O5. The standard InChI is InChI=1S/C21H21N5O5/c1-29-13-7-8-16(30-2)14(9-13)17-15(10-22)20(23)31-21-18(17)19(24-25-21)11-3-5-12(6-4-11)26(27)28/h3-9,17-19,21,24-25H,23H2,1-2H3. The van der Waals surface area contributed by atoms with Crippen LogP contribution in [0.4, 0.5) is 5.69 Å². The van der Waals surface area contributed by atoms with Gasteiger partial charge < -0.3 is 19.9 Å². The Morgan fingerprint density at radius 3 is 2.52 bits per heavy atom. The monoisotopic (exact) mass is 423 g/mol. The van der Waals surface area contributed by atoms with Crippen LogP contribution in [0.15, 0.2) is 53.9 Å². The quantitative estimate of drug-likeness (QED) is 0.487. The predicted molar refractivity (Wildman–Crippen MR) is 110 cm³/mol. The molecule has 4 rings (SSSR count). The summed E-state index contributed by atoms with van der Waals surface area (Å²) >= 11 is 0. The van der Waals surface area contributed by atoms with E-state index >= 15 is 0 Å². The summed E-state index contributed by atoms with van der Waals surface area (Å²) in [5.74, 6) is 0.458. The smallest absolute Gasteiger partial charge is 0.269 e. The highest BCUT2D eigenvalue weighted by molar-refractivity contribution is 5.51. The number of rotatable bonds is 5. The molecule has 2 aromatic rings. The van der Waals surface area contributed by atoms with Crippen molar-refractivity contribution in [1.29, 1.82) is 5.26 Å². The van der Waals surface area contributed by atoms with Crippen LogP contribution >= 0.6 is 0 Å². The molecule has 2 heterocycles. The van der Waals surface area contributed by atoms with Gasteiger partial charge in [0, 0.05) is 29.5 Å². The molecule has 1 fully saturated rings. The molecule has 0 spiro atoms. The van der Waals surface area contributed by atoms with E-state index < -0.39 is 17.1 Å². The van der Waals surface area contributed by atoms with Crippen LogP contribution in [0.5, 0.6) is 11.5 Å². The zero-order valence-electron chi connectivity index (χ0n) is 16.9. The Labute approximate surface area is 178 Å². The van der Waals surface area contributed by atoms with E-state index in [-0.39, 0.29) is 29.1 Å². The second-order valence-electron chi connectivity index (χ2n) is 7.21. The summed E-state index contributed by atoms with van der Waals surface area (Å²) in [6.45, 7) is 0. The number of nitriles is 1. The highest BCUT2D eigenvalue weighted by atomic mass is 16.6. The lowest BCUT2D eigenvalue weighted by Gasteiger charge is -2.36. The molecule has 2 aromatic carbocycles. The van der Waals surface area contributed by atoms with Gasteiger partial charge in [-0.25, -0.2) is 10.9 Å². The summed E-state index contributed by atoms with van der Waals surface area (Å²) in [7, 11) is 3.12. The maximum absolute atomic E-state index is 11.0. The molecule has 0 aliphatic carbocycles. The normalized spacial score (nSPS) is 24.7. The van der Waals surface area contributed by atoms with Crippen LogP contribution in [-0.2, 0) is 4.74 Å². The lowest BCUT2D eigenvalue weighted by atomic mass is 9.73. The van der Waals surface area contributed by atoms with E-state index in [1.807, 2.05) is 6.07 Å². The van der Waals surface area contributed by atoms with Gasteiger partial charge in [-0.15, -0.1) is 0 Å². The Kier molecular flexibility index (Phi) is 5.37. The molecule has 4 atom stereocenters. The van der Waals surface area contributed by atoms with E-state index in [0.717, 1.165) is 11.1 Å². The van der Waals surface area contributed by atoms with Crippen LogP contribution in [0.3, 0.4) is 0 Å². The van der Waals surface area contributed by atoms with Gasteiger partial charge in [0.15, 0.2) is 6.23 Å². The Morgan fingerprint density at radius 2 is 1.90 bits per heavy atom. The number of nitro benzene ring substituents is 1. The van der Waals surface area contributed by atoms with Crippen LogP contribution in [0, 0.1) is 27.4 Å². The highest BCUT2D eigenvalue weighted by Gasteiger charge is 2.50. The highest BCUT2D eigenvalue weighted by Crippen LogP contribution is 2.50. The molecule has 160 valence electrons. The van der Waals surface area contributed by atoms with E-state index in [1.54, 1.807) is 38.5 Å². The fourth-order valence-corrected chi connectivity index (χ4v) is 4.24. The Morgan fingerprint density at radius 1 is 1.16 bits per heavy atom. The molecule has 10 heteroatoms. The Bertz CT molecular complexity index is 1080. The SMILES string of the molecule is COc1ccc(OC)c(C2C(C#N)=C(N)OC3NNC(c4ccc([N+](=O)[O-])cc4)C32)c1. The third-order valence-electron chi connectivity index (χ3n) is 5.69. The van der Waals surface area contributed by atoms with Crippen LogP contribution in [-0.4, -0.2) is 25.4 Å². The van der Waals surface area contributed by atoms with Crippen molar-refractivity contribution in [1.82, 2.24) is 10.9 Å². The molecule has 4 unspecified atom stereocenters. The van der Waals surface area contributed by atoms with Gasteiger partial charge in [-0.05, 0) is 23.8 Å². The van der Waals surface area contributed by atoms with E-state index in [4.69, 9.17) is 19.9 Å². The van der Waals surface area contributed by atoms with Crippen molar-refractivity contribution in [2.24, 2.45) is 11.7 Å². The maximum atomic E-state index is 11.0. The molecule has 0 aromatic heterocycles. The van der Waals surface area contributed by atoms with Gasteiger partial charge >= 0.3 is 0 Å². The van der Waals surface area contributed by atoms with Crippen molar-refractivity contribution >= 4 is 5.69 Å². The Balaban J connectivity index is 1.84. The molecule has 1 saturated heterocycles. The van der Waals surface area contributed by atoms with Gasteiger partial charge in [0.05, 0.1) is 30.8 Å². The van der Waals surface area contributed by atoms with Gasteiger partial charge in [-0.1, -0.05) is 12.1 Å². The Hall–Kier alpha value is -3.81. The van der Waals surface area contributed by atoms with Crippen LogP contribution < -0.4 is 26.1 Å². The average molecular weight is 423 g/mol. The first-order valence-corrected chi connectivity index (χ1v) is 9.52. The number of nitrogens with zero attached hydrogens (tertiary/aromatic N) is 2. The number of hydrogen-bond acceptors (Lipinski definition) is 9. The van der Waals surface area contributed by atoms with Gasteiger partial charge in [-0.3, -0.25) is 10.1 Å². The summed E-state index contributed by atoms with van der Waals surface area (Å²) < 4.78 is 16.8. The number of methoxy groups -OCH3 is 2. The van der Waals surface area contributed by atoms with Gasteiger partial charge in [-0.2, -0.15) is 5.26 Å². The van der Waals surface area contributed by atoms with Crippen molar-refractivity contribution in [3.05, 3.63) is 75.2 Å². The zero-order chi connectivity index (χ0) is 22.1. The number of benzene rings is 2. The summed E-state index contributed by atoms with van der Waals surface area (Å²) in [5, 5.41) is 20.9. The second-order valence-corrected chi connectivity index (χ2v) is 7.21. The van der Waals surface area contributed by atoms with Crippen LogP contribution in [0.2, 0.25) is 0 Å². The maximum Gasteiger partial charge on any atom is 0.269 e. The average Bonchev–Trinajstić information content (AvgIpc) is 3.20. The lowest BCUT2D eigenvalue weighted by molar-refractivity contribution is -0.384. The number of nitro groups is 1. The molecule has 10 nitrogen and oxygen atoms in total. The topological polar surface area (TPSA) is 145 Å². The lowest BCUT2D eigenvalue weighted by Crippen LogP contribution is -2.41. The number of hydrogen-bond donors (Lipinski definition) is 3. The third kappa shape index (κ3) is 3.50. The molecule has 0 bridgehead atoms. The van der Waals surface area contributed by atoms with Crippen molar-refractivity contribution in [3.63, 3.8) is 0 Å². The van der Waals surface area contributed by atoms with Crippen LogP contribution in [0.25, 0.3) is 0 Å². The number of non-ortho nitro benzene ring substituents is 1. The number of allylic oxidation sites excluding steroid dienone is 1. The zero-order valence-corrected chi connectivity index (χ0v) is 16.9. The second kappa shape index (κ2) is 8.14. The third-order valence-corrected chi connectivity index (χ3v) is 5.69. The molecule has 4 N–H and O–H groups in total. The van der Waals surface area contributed by atoms with Gasteiger partial charge in [0.1, 0.15) is 17.6 Å². The minimum absolute atomic E-state index is 0.000908. The number of nitrogens with one attached hydrogen (secondary N) is 2. The molecule has 2 aliphatic heterocycles. The predicted octanol–water partition coefficient (Wildman–Crippen LogP) is 2.21. The van der Waals surface area contributed by atoms with Crippen molar-refractivity contribution in [2.45, 2.75) is 18.2 Å². The molecule has 0 amide bonds. The molecular weight excluding hydrogens is 402 g/mol. The summed E-state index contributed by atoms with van der Waals surface area (Å²) in [4.78, 5) is 10.6.